The van der Waals surface area contributed by atoms with Crippen molar-refractivity contribution in [1.29, 1.82) is 0 Å². The molecule has 0 spiro atoms. The molecule has 2 N–H and O–H groups in total. The van der Waals surface area contributed by atoms with E-state index < -0.39 is 0 Å². The Morgan fingerprint density at radius 1 is 1.33 bits per heavy atom. The zero-order valence-corrected chi connectivity index (χ0v) is 12.8. The lowest BCUT2D eigenvalue weighted by Gasteiger charge is -2.10. The number of hydrogen-bond donors (Lipinski definition) is 2. The lowest BCUT2D eigenvalue weighted by Crippen LogP contribution is -2.18. The summed E-state index contributed by atoms with van der Waals surface area (Å²) >= 11 is 0. The molecule has 0 saturated heterocycles. The van der Waals surface area contributed by atoms with E-state index in [0.29, 0.717) is 5.69 Å². The highest BCUT2D eigenvalue weighted by atomic mass is 16.1. The van der Waals surface area contributed by atoms with Crippen molar-refractivity contribution in [3.05, 3.63) is 47.3 Å². The number of benzene rings is 1. The largest absolute Gasteiger partial charge is 0.354 e. The molecule has 0 bridgehead atoms. The van der Waals surface area contributed by atoms with E-state index in [2.05, 4.69) is 40.9 Å². The van der Waals surface area contributed by atoms with Crippen LogP contribution in [-0.4, -0.2) is 29.3 Å². The fourth-order valence-electron chi connectivity index (χ4n) is 2.13. The van der Waals surface area contributed by atoms with Crippen molar-refractivity contribution in [2.75, 3.05) is 13.6 Å². The number of carbonyl (C=O) groups is 1. The van der Waals surface area contributed by atoms with Crippen LogP contribution in [0.3, 0.4) is 0 Å². The molecular weight excluding hydrogens is 264 g/mol. The molecule has 1 amide bonds. The molecular formula is C16H22N4O. The van der Waals surface area contributed by atoms with Crippen molar-refractivity contribution in [2.24, 2.45) is 0 Å². The minimum absolute atomic E-state index is 0.174. The fourth-order valence-corrected chi connectivity index (χ4v) is 2.13. The highest BCUT2D eigenvalue weighted by molar-refractivity contribution is 5.91. The van der Waals surface area contributed by atoms with Gasteiger partial charge in [-0.1, -0.05) is 19.1 Å². The lowest BCUT2D eigenvalue weighted by molar-refractivity contribution is 0.0957. The standard InChI is InChI=1S/C16H22N4O/c1-4-8-18-11-13-6-5-12(2)15(10-13)20-9-7-14(19-20)16(21)17-3/h5-7,9-10,18H,4,8,11H2,1-3H3,(H,17,21). The van der Waals surface area contributed by atoms with Gasteiger partial charge in [0.25, 0.3) is 5.91 Å². The number of nitrogens with one attached hydrogen (secondary N) is 2. The summed E-state index contributed by atoms with van der Waals surface area (Å²) < 4.78 is 1.75. The molecule has 112 valence electrons. The molecule has 0 saturated carbocycles. The number of carbonyl (C=O) groups excluding carboxylic acids is 1. The Labute approximate surface area is 125 Å². The van der Waals surface area contributed by atoms with Gasteiger partial charge in [-0.3, -0.25) is 4.79 Å². The molecule has 1 aromatic carbocycles. The van der Waals surface area contributed by atoms with E-state index in [0.717, 1.165) is 30.8 Å². The molecule has 0 atom stereocenters. The van der Waals surface area contributed by atoms with Crippen LogP contribution in [0, 0.1) is 6.92 Å². The van der Waals surface area contributed by atoms with Gasteiger partial charge in [-0.15, -0.1) is 0 Å². The van der Waals surface area contributed by atoms with Crippen molar-refractivity contribution < 1.29 is 4.79 Å². The quantitative estimate of drug-likeness (QED) is 0.799. The van der Waals surface area contributed by atoms with Crippen LogP contribution in [0.15, 0.2) is 30.5 Å². The van der Waals surface area contributed by atoms with Gasteiger partial charge in [0.1, 0.15) is 0 Å². The summed E-state index contributed by atoms with van der Waals surface area (Å²) in [7, 11) is 1.60. The van der Waals surface area contributed by atoms with Crippen LogP contribution in [0.5, 0.6) is 0 Å². The molecule has 1 heterocycles. The van der Waals surface area contributed by atoms with Gasteiger partial charge in [0.05, 0.1) is 5.69 Å². The maximum Gasteiger partial charge on any atom is 0.271 e. The first-order valence-corrected chi connectivity index (χ1v) is 7.24. The molecule has 2 rings (SSSR count). The van der Waals surface area contributed by atoms with Gasteiger partial charge < -0.3 is 10.6 Å². The highest BCUT2D eigenvalue weighted by Crippen LogP contribution is 2.16. The van der Waals surface area contributed by atoms with Gasteiger partial charge in [0, 0.05) is 19.8 Å². The summed E-state index contributed by atoms with van der Waals surface area (Å²) in [5.41, 5.74) is 3.76. The third-order valence-electron chi connectivity index (χ3n) is 3.33. The van der Waals surface area contributed by atoms with E-state index >= 15 is 0 Å². The third kappa shape index (κ3) is 3.70. The van der Waals surface area contributed by atoms with Gasteiger partial charge >= 0.3 is 0 Å². The average molecular weight is 286 g/mol. The first-order valence-electron chi connectivity index (χ1n) is 7.24. The summed E-state index contributed by atoms with van der Waals surface area (Å²) in [5, 5.41) is 10.3. The van der Waals surface area contributed by atoms with Crippen LogP contribution in [0.25, 0.3) is 5.69 Å². The second-order valence-electron chi connectivity index (χ2n) is 5.02. The van der Waals surface area contributed by atoms with Gasteiger partial charge in [0.2, 0.25) is 0 Å². The second-order valence-corrected chi connectivity index (χ2v) is 5.02. The Morgan fingerprint density at radius 2 is 2.14 bits per heavy atom. The average Bonchev–Trinajstić information content (AvgIpc) is 2.98. The predicted molar refractivity (Wildman–Crippen MR) is 83.7 cm³/mol. The zero-order chi connectivity index (χ0) is 15.2. The molecule has 21 heavy (non-hydrogen) atoms. The molecule has 0 fully saturated rings. The predicted octanol–water partition coefficient (Wildman–Crippen LogP) is 2.04. The maximum absolute atomic E-state index is 11.6. The first kappa shape index (κ1) is 15.3. The van der Waals surface area contributed by atoms with Crippen molar-refractivity contribution >= 4 is 5.91 Å². The van der Waals surface area contributed by atoms with E-state index in [1.807, 2.05) is 13.1 Å². The maximum atomic E-state index is 11.6. The Hall–Kier alpha value is -2.14. The number of nitrogens with zero attached hydrogens (tertiary/aromatic N) is 2. The van der Waals surface area contributed by atoms with Gasteiger partial charge in [-0.25, -0.2) is 4.68 Å². The second kappa shape index (κ2) is 7.04. The van der Waals surface area contributed by atoms with Gasteiger partial charge in [-0.2, -0.15) is 5.10 Å². The van der Waals surface area contributed by atoms with Gasteiger partial charge in [0.15, 0.2) is 5.69 Å². The Balaban J connectivity index is 2.23. The van der Waals surface area contributed by atoms with E-state index in [1.165, 1.54) is 5.56 Å². The minimum atomic E-state index is -0.174. The van der Waals surface area contributed by atoms with Crippen molar-refractivity contribution in [1.82, 2.24) is 20.4 Å². The third-order valence-corrected chi connectivity index (χ3v) is 3.33. The van der Waals surface area contributed by atoms with Crippen LogP contribution < -0.4 is 10.6 Å². The Bertz CT molecular complexity index is 618. The summed E-state index contributed by atoms with van der Waals surface area (Å²) in [6.07, 6.45) is 2.93. The zero-order valence-electron chi connectivity index (χ0n) is 12.8. The Kier molecular flexibility index (Phi) is 5.11. The summed E-state index contributed by atoms with van der Waals surface area (Å²) in [6, 6.07) is 8.03. The molecule has 0 aliphatic heterocycles. The monoisotopic (exact) mass is 286 g/mol. The van der Waals surface area contributed by atoms with Gasteiger partial charge in [-0.05, 0) is 43.1 Å². The van der Waals surface area contributed by atoms with E-state index in [4.69, 9.17) is 0 Å². The van der Waals surface area contributed by atoms with Crippen molar-refractivity contribution in [3.8, 4) is 5.69 Å². The van der Waals surface area contributed by atoms with E-state index in [1.54, 1.807) is 17.8 Å². The summed E-state index contributed by atoms with van der Waals surface area (Å²) in [4.78, 5) is 11.6. The Morgan fingerprint density at radius 3 is 2.86 bits per heavy atom. The fraction of sp³-hybridized carbons (Fsp3) is 0.375. The lowest BCUT2D eigenvalue weighted by atomic mass is 10.1. The minimum Gasteiger partial charge on any atom is -0.354 e. The topological polar surface area (TPSA) is 59.0 Å². The van der Waals surface area contributed by atoms with Crippen molar-refractivity contribution in [2.45, 2.75) is 26.8 Å². The van der Waals surface area contributed by atoms with Crippen molar-refractivity contribution in [3.63, 3.8) is 0 Å². The van der Waals surface area contributed by atoms with Crippen LogP contribution in [-0.2, 0) is 6.54 Å². The molecule has 5 nitrogen and oxygen atoms in total. The van der Waals surface area contributed by atoms with Crippen LogP contribution in [0.4, 0.5) is 0 Å². The summed E-state index contributed by atoms with van der Waals surface area (Å²) in [6.45, 7) is 6.04. The van der Waals surface area contributed by atoms with Crippen LogP contribution in [0.1, 0.15) is 35.0 Å². The molecule has 5 heteroatoms. The normalized spacial score (nSPS) is 10.6. The van der Waals surface area contributed by atoms with E-state index in [9.17, 15) is 4.79 Å². The first-order chi connectivity index (χ1) is 10.2. The number of amides is 1. The number of hydrogen-bond acceptors (Lipinski definition) is 3. The number of aromatic nitrogens is 2. The highest BCUT2D eigenvalue weighted by Gasteiger charge is 2.09. The summed E-state index contributed by atoms with van der Waals surface area (Å²) in [5.74, 6) is -0.174. The molecule has 0 aliphatic carbocycles. The number of aryl methyl sites for hydroxylation is 1. The SMILES string of the molecule is CCCNCc1ccc(C)c(-n2ccc(C(=O)NC)n2)c1. The molecule has 2 aromatic rings. The van der Waals surface area contributed by atoms with Crippen LogP contribution in [0.2, 0.25) is 0 Å². The van der Waals surface area contributed by atoms with E-state index in [-0.39, 0.29) is 5.91 Å². The molecule has 0 aliphatic rings. The van der Waals surface area contributed by atoms with Crippen LogP contribution >= 0.6 is 0 Å². The number of rotatable bonds is 6. The molecule has 1 aromatic heterocycles. The molecule has 0 unspecified atom stereocenters. The smallest absolute Gasteiger partial charge is 0.271 e. The molecule has 0 radical (unpaired) electrons.